The maximum atomic E-state index is 9.46. The van der Waals surface area contributed by atoms with Crippen LogP contribution >= 0.6 is 0 Å². The molecule has 42 valence electrons. The van der Waals surface area contributed by atoms with E-state index in [0.29, 0.717) is 19.5 Å². The Bertz CT molecular complexity index is 48.2. The van der Waals surface area contributed by atoms with Crippen LogP contribution in [0.3, 0.4) is 0 Å². The zero-order valence-electron chi connectivity index (χ0n) is 3.85. The summed E-state index contributed by atoms with van der Waals surface area (Å²) in [5.41, 5.74) is 1.88. The second kappa shape index (κ2) is 5.39. The molecular weight excluding hydrogens is 96.0 g/mol. The molecule has 0 aliphatic rings. The molecule has 0 bridgehead atoms. The fourth-order valence-corrected chi connectivity index (χ4v) is 0.187. The van der Waals surface area contributed by atoms with E-state index in [1.807, 2.05) is 5.48 Å². The van der Waals surface area contributed by atoms with Gasteiger partial charge in [0.25, 0.3) is 0 Å². The molecule has 0 fully saturated rings. The predicted octanol–water partition coefficient (Wildman–Crippen LogP) is -1.29. The highest BCUT2D eigenvalue weighted by molar-refractivity contribution is 5.45. The van der Waals surface area contributed by atoms with Gasteiger partial charge in [-0.1, -0.05) is 0 Å². The van der Waals surface area contributed by atoms with E-state index in [9.17, 15) is 4.79 Å². The minimum Gasteiger partial charge on any atom is -0.357 e. The smallest absolute Gasteiger partial charge is 0.207 e. The SMILES string of the molecule is O=CNCCNO. The number of rotatable bonds is 4. The minimum absolute atomic E-state index is 0.388. The molecule has 3 N–H and O–H groups in total. The Morgan fingerprint density at radius 2 is 2.29 bits per heavy atom. The fourth-order valence-electron chi connectivity index (χ4n) is 0.187. The van der Waals surface area contributed by atoms with Crippen molar-refractivity contribution in [3.05, 3.63) is 0 Å². The molecule has 0 aromatic carbocycles. The van der Waals surface area contributed by atoms with Crippen LogP contribution in [0.2, 0.25) is 0 Å². The normalized spacial score (nSPS) is 8.14. The van der Waals surface area contributed by atoms with E-state index in [0.717, 1.165) is 0 Å². The van der Waals surface area contributed by atoms with Crippen molar-refractivity contribution in [2.45, 2.75) is 0 Å². The van der Waals surface area contributed by atoms with Crippen LogP contribution in [-0.2, 0) is 4.79 Å². The Kier molecular flexibility index (Phi) is 4.92. The highest BCUT2D eigenvalue weighted by atomic mass is 16.5. The van der Waals surface area contributed by atoms with E-state index in [-0.39, 0.29) is 0 Å². The summed E-state index contributed by atoms with van der Waals surface area (Å²) in [5, 5.41) is 10.2. The molecule has 0 aromatic rings. The van der Waals surface area contributed by atoms with Crippen LogP contribution in [0.1, 0.15) is 0 Å². The van der Waals surface area contributed by atoms with E-state index in [1.54, 1.807) is 0 Å². The number of amides is 1. The predicted molar refractivity (Wildman–Crippen MR) is 23.9 cm³/mol. The number of carbonyl (C=O) groups excluding carboxylic acids is 1. The van der Waals surface area contributed by atoms with E-state index < -0.39 is 0 Å². The van der Waals surface area contributed by atoms with Crippen LogP contribution in [0.5, 0.6) is 0 Å². The van der Waals surface area contributed by atoms with E-state index in [4.69, 9.17) is 5.21 Å². The van der Waals surface area contributed by atoms with Gasteiger partial charge in [0.1, 0.15) is 0 Å². The lowest BCUT2D eigenvalue weighted by Crippen LogP contribution is -2.23. The second-order valence-corrected chi connectivity index (χ2v) is 0.980. The minimum atomic E-state index is 0.388. The molecule has 0 saturated carbocycles. The topological polar surface area (TPSA) is 61.4 Å². The van der Waals surface area contributed by atoms with Gasteiger partial charge in [0.05, 0.1) is 0 Å². The summed E-state index contributed by atoms with van der Waals surface area (Å²) in [7, 11) is 0. The molecule has 0 rings (SSSR count). The third kappa shape index (κ3) is 5.39. The second-order valence-electron chi connectivity index (χ2n) is 0.980. The molecule has 0 spiro atoms. The Morgan fingerprint density at radius 1 is 1.57 bits per heavy atom. The largest absolute Gasteiger partial charge is 0.357 e. The van der Waals surface area contributed by atoms with Crippen molar-refractivity contribution < 1.29 is 10.0 Å². The van der Waals surface area contributed by atoms with Crippen LogP contribution in [0.25, 0.3) is 0 Å². The highest BCUT2D eigenvalue weighted by Crippen LogP contribution is 1.46. The zero-order valence-corrected chi connectivity index (χ0v) is 3.85. The molecule has 0 aromatic heterocycles. The first-order valence-corrected chi connectivity index (χ1v) is 1.96. The first kappa shape index (κ1) is 6.39. The molecular formula is C3H8N2O2. The average molecular weight is 104 g/mol. The summed E-state index contributed by atoms with van der Waals surface area (Å²) in [6.07, 6.45) is 0.581. The molecule has 0 radical (unpaired) electrons. The van der Waals surface area contributed by atoms with Gasteiger partial charge in [0.15, 0.2) is 0 Å². The molecule has 0 unspecified atom stereocenters. The van der Waals surface area contributed by atoms with Crippen molar-refractivity contribution in [2.24, 2.45) is 0 Å². The molecule has 0 aliphatic carbocycles. The maximum absolute atomic E-state index is 9.46. The van der Waals surface area contributed by atoms with Crippen LogP contribution in [-0.4, -0.2) is 24.7 Å². The molecule has 0 heterocycles. The summed E-state index contributed by atoms with van der Waals surface area (Å²) in [5.74, 6) is 0. The Hall–Kier alpha value is -0.610. The maximum Gasteiger partial charge on any atom is 0.207 e. The standard InChI is InChI=1S/C3H8N2O2/c6-3-4-1-2-5-7/h3,5,7H,1-2H2,(H,4,6). The van der Waals surface area contributed by atoms with Gasteiger partial charge in [0.2, 0.25) is 6.41 Å². The molecule has 1 amide bonds. The quantitative estimate of drug-likeness (QED) is 0.236. The lowest BCUT2D eigenvalue weighted by molar-refractivity contribution is -0.109. The first-order chi connectivity index (χ1) is 3.41. The van der Waals surface area contributed by atoms with Gasteiger partial charge in [-0.15, -0.1) is 0 Å². The molecule has 4 heteroatoms. The third-order valence-electron chi connectivity index (χ3n) is 0.464. The summed E-state index contributed by atoms with van der Waals surface area (Å²) in [6, 6.07) is 0. The monoisotopic (exact) mass is 104 g/mol. The van der Waals surface area contributed by atoms with Gasteiger partial charge in [-0.2, -0.15) is 0 Å². The van der Waals surface area contributed by atoms with Crippen molar-refractivity contribution in [1.29, 1.82) is 0 Å². The number of hydrogen-bond acceptors (Lipinski definition) is 3. The van der Waals surface area contributed by atoms with Crippen molar-refractivity contribution in [1.82, 2.24) is 10.8 Å². The number of nitrogens with one attached hydrogen (secondary N) is 2. The van der Waals surface area contributed by atoms with Crippen LogP contribution in [0, 0.1) is 0 Å². The molecule has 0 aliphatic heterocycles. The lowest BCUT2D eigenvalue weighted by Gasteiger charge is -1.92. The molecule has 0 saturated heterocycles. The Morgan fingerprint density at radius 3 is 2.71 bits per heavy atom. The molecule has 7 heavy (non-hydrogen) atoms. The van der Waals surface area contributed by atoms with Gasteiger partial charge < -0.3 is 10.5 Å². The summed E-state index contributed by atoms with van der Waals surface area (Å²) < 4.78 is 0. The summed E-state index contributed by atoms with van der Waals surface area (Å²) in [4.78, 5) is 9.46. The fraction of sp³-hybridized carbons (Fsp3) is 0.667. The van der Waals surface area contributed by atoms with Crippen LogP contribution in [0.15, 0.2) is 0 Å². The zero-order chi connectivity index (χ0) is 5.54. The van der Waals surface area contributed by atoms with Gasteiger partial charge in [0, 0.05) is 13.1 Å². The highest BCUT2D eigenvalue weighted by Gasteiger charge is 1.75. The Labute approximate surface area is 41.5 Å². The van der Waals surface area contributed by atoms with Gasteiger partial charge in [-0.3, -0.25) is 4.79 Å². The van der Waals surface area contributed by atoms with Crippen LogP contribution in [0.4, 0.5) is 0 Å². The average Bonchev–Trinajstić information content (AvgIpc) is 1.69. The molecule has 4 nitrogen and oxygen atoms in total. The number of hydroxylamine groups is 1. The lowest BCUT2D eigenvalue weighted by atomic mass is 10.7. The van der Waals surface area contributed by atoms with Gasteiger partial charge in [-0.05, 0) is 0 Å². The summed E-state index contributed by atoms with van der Waals surface area (Å²) in [6.45, 7) is 0.846. The first-order valence-electron chi connectivity index (χ1n) is 1.96. The van der Waals surface area contributed by atoms with Crippen molar-refractivity contribution >= 4 is 6.41 Å². The third-order valence-corrected chi connectivity index (χ3v) is 0.464. The summed E-state index contributed by atoms with van der Waals surface area (Å²) >= 11 is 0. The van der Waals surface area contributed by atoms with Crippen molar-refractivity contribution in [3.63, 3.8) is 0 Å². The Balaban J connectivity index is 2.56. The van der Waals surface area contributed by atoms with Gasteiger partial charge >= 0.3 is 0 Å². The van der Waals surface area contributed by atoms with Crippen molar-refractivity contribution in [2.75, 3.05) is 13.1 Å². The van der Waals surface area contributed by atoms with Gasteiger partial charge in [-0.25, -0.2) is 5.48 Å². The van der Waals surface area contributed by atoms with E-state index in [2.05, 4.69) is 5.32 Å². The van der Waals surface area contributed by atoms with E-state index >= 15 is 0 Å². The van der Waals surface area contributed by atoms with E-state index in [1.165, 1.54) is 0 Å². The van der Waals surface area contributed by atoms with Crippen LogP contribution < -0.4 is 10.8 Å². The number of hydrogen-bond donors (Lipinski definition) is 3. The molecule has 0 atom stereocenters. The number of carbonyl (C=O) groups is 1. The van der Waals surface area contributed by atoms with Crippen molar-refractivity contribution in [3.8, 4) is 0 Å².